The molecule has 0 spiro atoms. The molecule has 0 fully saturated rings. The fourth-order valence-corrected chi connectivity index (χ4v) is 3.30. The zero-order valence-corrected chi connectivity index (χ0v) is 15.8. The van der Waals surface area contributed by atoms with Crippen molar-refractivity contribution in [2.24, 2.45) is 10.7 Å². The Morgan fingerprint density at radius 1 is 1.14 bits per heavy atom. The second-order valence-corrected chi connectivity index (χ2v) is 6.01. The number of hydrogen-bond acceptors (Lipinski definition) is 3. The highest BCUT2D eigenvalue weighted by Crippen LogP contribution is 2.35. The van der Waals surface area contributed by atoms with E-state index in [9.17, 15) is 5.26 Å². The number of nitrogens with zero attached hydrogens (tertiary/aromatic N) is 2. The molecule has 1 aliphatic heterocycles. The minimum Gasteiger partial charge on any atom is -0.374 e. The van der Waals surface area contributed by atoms with Gasteiger partial charge in [0.2, 0.25) is 5.96 Å². The maximum absolute atomic E-state index is 9.24. The summed E-state index contributed by atoms with van der Waals surface area (Å²) in [4.78, 5) is 7.50. The molecule has 1 unspecified atom stereocenters. The highest BCUT2D eigenvalue weighted by molar-refractivity contribution is 6.19. The standard InChI is InChI=1S/C20H16N6.C2H6/c21-11-12-4-3-5-13(10-12)17-15-8-9-24-18(15)19(26-20(22)23)14-6-1-2-7-16(14)25-17;1-2/h1-10,17,24-25H,(H3,22,23);1-2H3/b26-19-;. The molecule has 140 valence electrons. The SMILES string of the molecule is CC.N#Cc1cccc(C2Nc3ccccc3/C(=N/C(=N)N)c3[nH]ccc32)c1. The molecule has 0 saturated carbocycles. The first kappa shape index (κ1) is 18.9. The first-order valence-corrected chi connectivity index (χ1v) is 9.13. The van der Waals surface area contributed by atoms with Crippen LogP contribution in [0.2, 0.25) is 0 Å². The number of fused-ring (bicyclic) bond motifs is 2. The van der Waals surface area contributed by atoms with Crippen LogP contribution in [0.15, 0.2) is 65.8 Å². The van der Waals surface area contributed by atoms with Crippen LogP contribution in [0.3, 0.4) is 0 Å². The molecule has 0 saturated heterocycles. The number of benzene rings is 2. The molecule has 2 aromatic carbocycles. The van der Waals surface area contributed by atoms with Crippen molar-refractivity contribution >= 4 is 17.4 Å². The van der Waals surface area contributed by atoms with Gasteiger partial charge in [-0.3, -0.25) is 5.41 Å². The van der Waals surface area contributed by atoms with Gasteiger partial charge in [0.15, 0.2) is 0 Å². The Bertz CT molecular complexity index is 1070. The maximum atomic E-state index is 9.24. The quantitative estimate of drug-likeness (QED) is 0.381. The summed E-state index contributed by atoms with van der Waals surface area (Å²) in [7, 11) is 0. The van der Waals surface area contributed by atoms with Gasteiger partial charge in [0, 0.05) is 23.0 Å². The van der Waals surface area contributed by atoms with Crippen LogP contribution >= 0.6 is 0 Å². The lowest BCUT2D eigenvalue weighted by atomic mass is 9.96. The maximum Gasteiger partial charge on any atom is 0.213 e. The van der Waals surface area contributed by atoms with Crippen molar-refractivity contribution in [1.82, 2.24) is 4.98 Å². The number of H-pyrrole nitrogens is 1. The van der Waals surface area contributed by atoms with Crippen molar-refractivity contribution in [1.29, 1.82) is 10.7 Å². The second kappa shape index (κ2) is 8.23. The van der Waals surface area contributed by atoms with Gasteiger partial charge in [0.05, 0.1) is 23.4 Å². The molecule has 0 radical (unpaired) electrons. The van der Waals surface area contributed by atoms with E-state index in [1.165, 1.54) is 0 Å². The third-order valence-corrected chi connectivity index (χ3v) is 4.39. The Balaban J connectivity index is 0.00000109. The summed E-state index contributed by atoms with van der Waals surface area (Å²) in [6.45, 7) is 4.00. The van der Waals surface area contributed by atoms with E-state index in [0.717, 1.165) is 28.1 Å². The molecule has 0 aliphatic carbocycles. The average Bonchev–Trinajstić information content (AvgIpc) is 3.17. The lowest BCUT2D eigenvalue weighted by molar-refractivity contribution is 0.942. The van der Waals surface area contributed by atoms with Gasteiger partial charge in [0.1, 0.15) is 5.71 Å². The molecule has 1 aliphatic rings. The van der Waals surface area contributed by atoms with Crippen LogP contribution in [0.25, 0.3) is 0 Å². The highest BCUT2D eigenvalue weighted by atomic mass is 15.0. The van der Waals surface area contributed by atoms with Crippen LogP contribution in [-0.4, -0.2) is 16.7 Å². The average molecular weight is 370 g/mol. The van der Waals surface area contributed by atoms with E-state index >= 15 is 0 Å². The van der Waals surface area contributed by atoms with Crippen molar-refractivity contribution in [2.75, 3.05) is 5.32 Å². The summed E-state index contributed by atoms with van der Waals surface area (Å²) in [6, 6.07) is 19.3. The minimum atomic E-state index is -0.250. The van der Waals surface area contributed by atoms with Crippen LogP contribution < -0.4 is 11.1 Å². The summed E-state index contributed by atoms with van der Waals surface area (Å²) in [6.07, 6.45) is 1.84. The summed E-state index contributed by atoms with van der Waals surface area (Å²) in [5.74, 6) is -0.250. The number of nitrogens with one attached hydrogen (secondary N) is 3. The number of nitriles is 1. The molecular formula is C22H22N6. The van der Waals surface area contributed by atoms with Gasteiger partial charge in [-0.1, -0.05) is 44.2 Å². The van der Waals surface area contributed by atoms with E-state index in [1.807, 2.05) is 68.6 Å². The normalized spacial score (nSPS) is 15.8. The third kappa shape index (κ3) is 3.51. The van der Waals surface area contributed by atoms with Crippen LogP contribution in [-0.2, 0) is 0 Å². The first-order valence-electron chi connectivity index (χ1n) is 9.13. The molecule has 3 aromatic rings. The topological polar surface area (TPSA) is 114 Å². The third-order valence-electron chi connectivity index (χ3n) is 4.39. The minimum absolute atomic E-state index is 0.162. The Morgan fingerprint density at radius 2 is 1.93 bits per heavy atom. The molecule has 4 rings (SSSR count). The van der Waals surface area contributed by atoms with Crippen molar-refractivity contribution in [3.63, 3.8) is 0 Å². The van der Waals surface area contributed by atoms with Gasteiger partial charge in [-0.25, -0.2) is 4.99 Å². The van der Waals surface area contributed by atoms with Crippen molar-refractivity contribution in [2.45, 2.75) is 19.9 Å². The number of para-hydroxylation sites is 1. The number of rotatable bonds is 1. The van der Waals surface area contributed by atoms with E-state index in [0.29, 0.717) is 11.3 Å². The van der Waals surface area contributed by atoms with Gasteiger partial charge in [-0.05, 0) is 29.8 Å². The van der Waals surface area contributed by atoms with Crippen molar-refractivity contribution in [3.8, 4) is 6.07 Å². The Labute approximate surface area is 164 Å². The number of anilines is 1. The molecular weight excluding hydrogens is 348 g/mol. The monoisotopic (exact) mass is 370 g/mol. The number of aliphatic imine (C=N–C) groups is 1. The molecule has 1 aromatic heterocycles. The van der Waals surface area contributed by atoms with Gasteiger partial charge in [-0.15, -0.1) is 0 Å². The van der Waals surface area contributed by atoms with E-state index in [1.54, 1.807) is 6.07 Å². The van der Waals surface area contributed by atoms with E-state index < -0.39 is 0 Å². The zero-order chi connectivity index (χ0) is 20.1. The summed E-state index contributed by atoms with van der Waals surface area (Å²) in [5.41, 5.74) is 11.3. The summed E-state index contributed by atoms with van der Waals surface area (Å²) >= 11 is 0. The summed E-state index contributed by atoms with van der Waals surface area (Å²) < 4.78 is 0. The number of aromatic amines is 1. The molecule has 6 heteroatoms. The van der Waals surface area contributed by atoms with Crippen LogP contribution in [0, 0.1) is 16.7 Å². The smallest absolute Gasteiger partial charge is 0.213 e. The lowest BCUT2D eigenvalue weighted by Gasteiger charge is -2.19. The van der Waals surface area contributed by atoms with E-state index in [2.05, 4.69) is 21.4 Å². The molecule has 6 nitrogen and oxygen atoms in total. The van der Waals surface area contributed by atoms with Crippen LogP contribution in [0.5, 0.6) is 0 Å². The summed E-state index contributed by atoms with van der Waals surface area (Å²) in [5, 5.41) is 20.4. The predicted molar refractivity (Wildman–Crippen MR) is 113 cm³/mol. The lowest BCUT2D eigenvalue weighted by Crippen LogP contribution is -2.14. The van der Waals surface area contributed by atoms with E-state index in [4.69, 9.17) is 11.1 Å². The van der Waals surface area contributed by atoms with Gasteiger partial charge in [-0.2, -0.15) is 5.26 Å². The molecule has 5 N–H and O–H groups in total. The molecule has 0 bridgehead atoms. The molecule has 1 atom stereocenters. The number of guanidine groups is 1. The van der Waals surface area contributed by atoms with Gasteiger partial charge >= 0.3 is 0 Å². The van der Waals surface area contributed by atoms with Crippen LogP contribution in [0.4, 0.5) is 5.69 Å². The predicted octanol–water partition coefficient (Wildman–Crippen LogP) is 4.16. The number of hydrogen-bond donors (Lipinski definition) is 4. The van der Waals surface area contributed by atoms with Crippen molar-refractivity contribution < 1.29 is 0 Å². The van der Waals surface area contributed by atoms with Gasteiger partial charge in [0.25, 0.3) is 0 Å². The molecule has 28 heavy (non-hydrogen) atoms. The molecule has 2 heterocycles. The Morgan fingerprint density at radius 3 is 2.68 bits per heavy atom. The first-order chi connectivity index (χ1) is 13.7. The largest absolute Gasteiger partial charge is 0.374 e. The fraction of sp³-hybridized carbons (Fsp3) is 0.136. The van der Waals surface area contributed by atoms with Crippen LogP contribution in [0.1, 0.15) is 47.8 Å². The van der Waals surface area contributed by atoms with Crippen molar-refractivity contribution in [3.05, 3.63) is 88.7 Å². The second-order valence-electron chi connectivity index (χ2n) is 6.01. The van der Waals surface area contributed by atoms with Gasteiger partial charge < -0.3 is 16.0 Å². The fourth-order valence-electron chi connectivity index (χ4n) is 3.30. The number of nitrogens with two attached hydrogens (primary N) is 1. The Kier molecular flexibility index (Phi) is 5.56. The van der Waals surface area contributed by atoms with E-state index in [-0.39, 0.29) is 12.0 Å². The molecule has 0 amide bonds. The Hall–Kier alpha value is -3.85. The highest BCUT2D eigenvalue weighted by Gasteiger charge is 2.28. The number of aromatic nitrogens is 1. The zero-order valence-electron chi connectivity index (χ0n) is 15.8.